The molecule has 4 heteroatoms. The molecular formula is C14H15NO2S. The number of aliphatic carboxylic acids is 1. The highest BCUT2D eigenvalue weighted by Gasteiger charge is 2.22. The van der Waals surface area contributed by atoms with Gasteiger partial charge in [0.15, 0.2) is 6.04 Å². The van der Waals surface area contributed by atoms with Gasteiger partial charge in [0.25, 0.3) is 0 Å². The molecule has 0 saturated heterocycles. The van der Waals surface area contributed by atoms with E-state index in [9.17, 15) is 9.90 Å². The minimum Gasteiger partial charge on any atom is -0.479 e. The molecule has 1 aromatic carbocycles. The van der Waals surface area contributed by atoms with Gasteiger partial charge in [-0.15, -0.1) is 11.3 Å². The number of thiophene rings is 1. The predicted octanol–water partition coefficient (Wildman–Crippen LogP) is 3.60. The van der Waals surface area contributed by atoms with Crippen LogP contribution in [-0.2, 0) is 4.79 Å². The number of anilines is 1. The smallest absolute Gasteiger partial charge is 0.331 e. The number of rotatable bonds is 4. The summed E-state index contributed by atoms with van der Waals surface area (Å²) in [6.07, 6.45) is 0. The number of hydrogen-bond acceptors (Lipinski definition) is 3. The maximum absolute atomic E-state index is 11.4. The summed E-state index contributed by atoms with van der Waals surface area (Å²) in [6, 6.07) is 8.97. The fourth-order valence-electron chi connectivity index (χ4n) is 1.82. The fraction of sp³-hybridized carbons (Fsp3) is 0.214. The molecule has 18 heavy (non-hydrogen) atoms. The van der Waals surface area contributed by atoms with Crippen LogP contribution in [0.5, 0.6) is 0 Å². The first-order chi connectivity index (χ1) is 8.58. The number of hydrogen-bond donors (Lipinski definition) is 2. The zero-order valence-electron chi connectivity index (χ0n) is 10.3. The lowest BCUT2D eigenvalue weighted by Gasteiger charge is -2.15. The van der Waals surface area contributed by atoms with Crippen LogP contribution in [0.4, 0.5) is 5.69 Å². The molecule has 0 radical (unpaired) electrons. The second-order valence-corrected chi connectivity index (χ2v) is 5.20. The molecule has 0 bridgehead atoms. The summed E-state index contributed by atoms with van der Waals surface area (Å²) in [6.45, 7) is 3.91. The summed E-state index contributed by atoms with van der Waals surface area (Å²) in [7, 11) is 0. The Morgan fingerprint density at radius 1 is 1.33 bits per heavy atom. The predicted molar refractivity (Wildman–Crippen MR) is 74.2 cm³/mol. The van der Waals surface area contributed by atoms with Crippen LogP contribution >= 0.6 is 11.3 Å². The Bertz CT molecular complexity index is 562. The molecule has 0 aliphatic carbocycles. The second-order valence-electron chi connectivity index (χ2n) is 4.25. The summed E-state index contributed by atoms with van der Waals surface area (Å²) in [4.78, 5) is 12.2. The van der Waals surface area contributed by atoms with Gasteiger partial charge in [-0.1, -0.05) is 12.1 Å². The molecule has 1 heterocycles. The molecule has 1 atom stereocenters. The van der Waals surface area contributed by atoms with Crippen molar-refractivity contribution in [1.29, 1.82) is 0 Å². The molecule has 94 valence electrons. The first-order valence-corrected chi connectivity index (χ1v) is 6.56. The first kappa shape index (κ1) is 12.6. The van der Waals surface area contributed by atoms with E-state index in [4.69, 9.17) is 0 Å². The van der Waals surface area contributed by atoms with Gasteiger partial charge in [0, 0.05) is 10.6 Å². The van der Waals surface area contributed by atoms with Crippen LogP contribution in [0, 0.1) is 13.8 Å². The Hall–Kier alpha value is -1.81. The average molecular weight is 261 g/mol. The van der Waals surface area contributed by atoms with Crippen molar-refractivity contribution in [1.82, 2.24) is 0 Å². The molecule has 0 amide bonds. The van der Waals surface area contributed by atoms with E-state index in [1.165, 1.54) is 11.3 Å². The zero-order valence-corrected chi connectivity index (χ0v) is 11.1. The van der Waals surface area contributed by atoms with E-state index in [2.05, 4.69) is 5.32 Å². The summed E-state index contributed by atoms with van der Waals surface area (Å²) in [5.74, 6) is -0.859. The maximum atomic E-state index is 11.4. The highest BCUT2D eigenvalue weighted by atomic mass is 32.1. The number of nitrogens with one attached hydrogen (secondary N) is 1. The Labute approximate surface area is 110 Å². The molecule has 2 aromatic rings. The van der Waals surface area contributed by atoms with Gasteiger partial charge in [-0.2, -0.15) is 0 Å². The van der Waals surface area contributed by atoms with Crippen LogP contribution in [0.25, 0.3) is 0 Å². The van der Waals surface area contributed by atoms with Gasteiger partial charge in [-0.05, 0) is 48.6 Å². The van der Waals surface area contributed by atoms with Gasteiger partial charge in [-0.3, -0.25) is 0 Å². The Morgan fingerprint density at radius 2 is 2.11 bits per heavy atom. The van der Waals surface area contributed by atoms with Crippen LogP contribution in [0.15, 0.2) is 35.7 Å². The quantitative estimate of drug-likeness (QED) is 0.884. The van der Waals surface area contributed by atoms with E-state index in [1.807, 2.05) is 49.6 Å². The summed E-state index contributed by atoms with van der Waals surface area (Å²) >= 11 is 1.47. The lowest BCUT2D eigenvalue weighted by atomic mass is 10.1. The lowest BCUT2D eigenvalue weighted by Crippen LogP contribution is -2.20. The van der Waals surface area contributed by atoms with E-state index in [1.54, 1.807) is 0 Å². The van der Waals surface area contributed by atoms with Crippen molar-refractivity contribution in [2.45, 2.75) is 19.9 Å². The average Bonchev–Trinajstić information content (AvgIpc) is 2.72. The van der Waals surface area contributed by atoms with Gasteiger partial charge < -0.3 is 10.4 Å². The van der Waals surface area contributed by atoms with Crippen molar-refractivity contribution in [3.8, 4) is 0 Å². The van der Waals surface area contributed by atoms with Crippen molar-refractivity contribution in [3.05, 3.63) is 51.7 Å². The van der Waals surface area contributed by atoms with E-state index in [0.29, 0.717) is 0 Å². The van der Waals surface area contributed by atoms with Crippen molar-refractivity contribution in [2.75, 3.05) is 5.32 Å². The van der Waals surface area contributed by atoms with Gasteiger partial charge in [0.2, 0.25) is 0 Å². The van der Waals surface area contributed by atoms with Crippen molar-refractivity contribution in [2.24, 2.45) is 0 Å². The molecule has 0 saturated carbocycles. The van der Waals surface area contributed by atoms with Gasteiger partial charge in [0.1, 0.15) is 0 Å². The van der Waals surface area contributed by atoms with Gasteiger partial charge in [-0.25, -0.2) is 4.79 Å². The minimum atomic E-state index is -0.859. The Balaban J connectivity index is 2.28. The largest absolute Gasteiger partial charge is 0.479 e. The van der Waals surface area contributed by atoms with Crippen LogP contribution in [0.3, 0.4) is 0 Å². The Kier molecular flexibility index (Phi) is 3.67. The minimum absolute atomic E-state index is 0.688. The lowest BCUT2D eigenvalue weighted by molar-refractivity contribution is -0.138. The van der Waals surface area contributed by atoms with Crippen LogP contribution in [-0.4, -0.2) is 11.1 Å². The summed E-state index contributed by atoms with van der Waals surface area (Å²) in [5.41, 5.74) is 2.94. The number of carboxylic acids is 1. The number of aryl methyl sites for hydroxylation is 2. The first-order valence-electron chi connectivity index (χ1n) is 5.68. The van der Waals surface area contributed by atoms with Crippen molar-refractivity contribution >= 4 is 23.0 Å². The SMILES string of the molecule is Cc1cccc(NC(C(=O)O)c2sccc2C)c1. The fourth-order valence-corrected chi connectivity index (χ4v) is 2.79. The molecule has 1 unspecified atom stereocenters. The monoisotopic (exact) mass is 261 g/mol. The topological polar surface area (TPSA) is 49.3 Å². The van der Waals surface area contributed by atoms with Crippen LogP contribution < -0.4 is 5.32 Å². The van der Waals surface area contributed by atoms with Crippen molar-refractivity contribution < 1.29 is 9.90 Å². The number of carboxylic acid groups (broad SMARTS) is 1. The molecule has 2 rings (SSSR count). The highest BCUT2D eigenvalue weighted by molar-refractivity contribution is 7.10. The Morgan fingerprint density at radius 3 is 2.67 bits per heavy atom. The number of carbonyl (C=O) groups is 1. The third-order valence-corrected chi connectivity index (χ3v) is 3.82. The molecule has 1 aromatic heterocycles. The van der Waals surface area contributed by atoms with E-state index in [0.717, 1.165) is 21.7 Å². The zero-order chi connectivity index (χ0) is 13.1. The molecular weight excluding hydrogens is 246 g/mol. The van der Waals surface area contributed by atoms with Gasteiger partial charge >= 0.3 is 5.97 Å². The van der Waals surface area contributed by atoms with E-state index in [-0.39, 0.29) is 0 Å². The summed E-state index contributed by atoms with van der Waals surface area (Å²) in [5, 5.41) is 14.3. The second kappa shape index (κ2) is 5.23. The molecule has 3 nitrogen and oxygen atoms in total. The standard InChI is InChI=1S/C14H15NO2S/c1-9-4-3-5-11(8-9)15-12(14(16)17)13-10(2)6-7-18-13/h3-8,12,15H,1-2H3,(H,16,17). The molecule has 2 N–H and O–H groups in total. The van der Waals surface area contributed by atoms with Gasteiger partial charge in [0.05, 0.1) is 0 Å². The van der Waals surface area contributed by atoms with Crippen LogP contribution in [0.1, 0.15) is 22.0 Å². The number of benzene rings is 1. The third-order valence-electron chi connectivity index (χ3n) is 2.74. The molecule has 0 spiro atoms. The molecule has 0 fully saturated rings. The normalized spacial score (nSPS) is 12.1. The van der Waals surface area contributed by atoms with Crippen LogP contribution in [0.2, 0.25) is 0 Å². The molecule has 0 aliphatic rings. The third kappa shape index (κ3) is 2.71. The van der Waals surface area contributed by atoms with Crippen molar-refractivity contribution in [3.63, 3.8) is 0 Å². The molecule has 0 aliphatic heterocycles. The highest BCUT2D eigenvalue weighted by Crippen LogP contribution is 2.27. The maximum Gasteiger partial charge on any atom is 0.331 e. The van der Waals surface area contributed by atoms with E-state index >= 15 is 0 Å². The summed E-state index contributed by atoms with van der Waals surface area (Å²) < 4.78 is 0. The van der Waals surface area contributed by atoms with E-state index < -0.39 is 12.0 Å².